The van der Waals surface area contributed by atoms with Crippen molar-refractivity contribution in [3.63, 3.8) is 0 Å². The summed E-state index contributed by atoms with van der Waals surface area (Å²) in [5.74, 6) is 1.24. The molecule has 0 amide bonds. The number of ether oxygens (including phenoxy) is 1. The molecule has 0 bridgehead atoms. The molecule has 0 aliphatic heterocycles. The Morgan fingerprint density at radius 3 is 2.69 bits per heavy atom. The minimum absolute atomic E-state index is 0.264. The summed E-state index contributed by atoms with van der Waals surface area (Å²) in [6.07, 6.45) is 1.02. The second-order valence-electron chi connectivity index (χ2n) is 3.29. The SMILES string of the molecule is CCc1ccc(OCc2n[nH]c(=S)o2)cc1. The Hall–Kier alpha value is -1.62. The smallest absolute Gasteiger partial charge is 0.284 e. The van der Waals surface area contributed by atoms with Crippen molar-refractivity contribution in [3.8, 4) is 5.75 Å². The van der Waals surface area contributed by atoms with Crippen molar-refractivity contribution in [1.82, 2.24) is 10.2 Å². The van der Waals surface area contributed by atoms with Gasteiger partial charge in [-0.3, -0.25) is 0 Å². The lowest BCUT2D eigenvalue weighted by Crippen LogP contribution is -1.95. The fourth-order valence-electron chi connectivity index (χ4n) is 1.29. The van der Waals surface area contributed by atoms with Gasteiger partial charge in [0.25, 0.3) is 10.7 Å². The lowest BCUT2D eigenvalue weighted by molar-refractivity contribution is 0.261. The van der Waals surface area contributed by atoms with Gasteiger partial charge >= 0.3 is 0 Å². The molecular formula is C11H12N2O2S. The first-order valence-corrected chi connectivity index (χ1v) is 5.45. The number of hydrogen-bond donors (Lipinski definition) is 1. The van der Waals surface area contributed by atoms with Crippen LogP contribution in [-0.2, 0) is 13.0 Å². The highest BCUT2D eigenvalue weighted by Gasteiger charge is 2.00. The molecule has 2 aromatic rings. The molecule has 0 saturated carbocycles. The lowest BCUT2D eigenvalue weighted by atomic mass is 10.2. The van der Waals surface area contributed by atoms with Crippen molar-refractivity contribution >= 4 is 12.2 Å². The van der Waals surface area contributed by atoms with Gasteiger partial charge in [0.2, 0.25) is 0 Å². The number of aryl methyl sites for hydroxylation is 1. The van der Waals surface area contributed by atoms with E-state index >= 15 is 0 Å². The predicted octanol–water partition coefficient (Wildman–Crippen LogP) is 2.87. The summed E-state index contributed by atoms with van der Waals surface area (Å²) in [5.41, 5.74) is 1.28. The van der Waals surface area contributed by atoms with Gasteiger partial charge in [0.05, 0.1) is 0 Å². The van der Waals surface area contributed by atoms with E-state index < -0.39 is 0 Å². The number of rotatable bonds is 4. The van der Waals surface area contributed by atoms with Crippen LogP contribution < -0.4 is 4.74 Å². The third-order valence-corrected chi connectivity index (χ3v) is 2.35. The molecule has 0 radical (unpaired) electrons. The van der Waals surface area contributed by atoms with Crippen molar-refractivity contribution in [3.05, 3.63) is 40.6 Å². The van der Waals surface area contributed by atoms with Crippen LogP contribution in [0.3, 0.4) is 0 Å². The van der Waals surface area contributed by atoms with Crippen LogP contribution in [0, 0.1) is 4.84 Å². The average Bonchev–Trinajstić information content (AvgIpc) is 2.73. The van der Waals surface area contributed by atoms with Gasteiger partial charge in [0.1, 0.15) is 5.75 Å². The van der Waals surface area contributed by atoms with E-state index in [9.17, 15) is 0 Å². The number of nitrogens with one attached hydrogen (secondary N) is 1. The van der Waals surface area contributed by atoms with Crippen molar-refractivity contribution in [2.45, 2.75) is 20.0 Å². The van der Waals surface area contributed by atoms with Crippen LogP contribution in [0.2, 0.25) is 0 Å². The Morgan fingerprint density at radius 2 is 2.12 bits per heavy atom. The summed E-state index contributed by atoms with van der Waals surface area (Å²) in [7, 11) is 0. The van der Waals surface area contributed by atoms with Crippen molar-refractivity contribution in [2.75, 3.05) is 0 Å². The van der Waals surface area contributed by atoms with Crippen molar-refractivity contribution < 1.29 is 9.15 Å². The molecule has 0 fully saturated rings. The highest BCUT2D eigenvalue weighted by Crippen LogP contribution is 2.13. The van der Waals surface area contributed by atoms with E-state index in [0.717, 1.165) is 12.2 Å². The Bertz CT molecular complexity index is 501. The van der Waals surface area contributed by atoms with E-state index in [0.29, 0.717) is 5.89 Å². The molecule has 0 aliphatic carbocycles. The third-order valence-electron chi connectivity index (χ3n) is 2.18. The van der Waals surface area contributed by atoms with Crippen LogP contribution in [0.1, 0.15) is 18.4 Å². The van der Waals surface area contributed by atoms with E-state index in [2.05, 4.69) is 17.1 Å². The summed E-state index contributed by atoms with van der Waals surface area (Å²) in [4.78, 5) is 0.264. The van der Waals surface area contributed by atoms with Gasteiger partial charge in [0.15, 0.2) is 6.61 Å². The molecule has 0 aliphatic rings. The molecule has 0 atom stereocenters. The van der Waals surface area contributed by atoms with Gasteiger partial charge in [0, 0.05) is 0 Å². The van der Waals surface area contributed by atoms with E-state index in [1.54, 1.807) is 0 Å². The molecule has 0 unspecified atom stereocenters. The maximum Gasteiger partial charge on any atom is 0.284 e. The molecule has 0 spiro atoms. The first-order valence-electron chi connectivity index (χ1n) is 5.04. The number of aromatic nitrogens is 2. The molecule has 0 saturated heterocycles. The molecular weight excluding hydrogens is 224 g/mol. The Balaban J connectivity index is 1.96. The van der Waals surface area contributed by atoms with Crippen LogP contribution in [0.4, 0.5) is 0 Å². The molecule has 1 heterocycles. The zero-order valence-electron chi connectivity index (χ0n) is 8.90. The van der Waals surface area contributed by atoms with Gasteiger partial charge in [-0.25, -0.2) is 5.10 Å². The maximum absolute atomic E-state index is 5.48. The van der Waals surface area contributed by atoms with Gasteiger partial charge in [-0.2, -0.15) is 0 Å². The zero-order valence-corrected chi connectivity index (χ0v) is 9.71. The van der Waals surface area contributed by atoms with Crippen LogP contribution >= 0.6 is 12.2 Å². The topological polar surface area (TPSA) is 51.0 Å². The Morgan fingerprint density at radius 1 is 1.38 bits per heavy atom. The molecule has 1 aromatic carbocycles. The molecule has 16 heavy (non-hydrogen) atoms. The highest BCUT2D eigenvalue weighted by atomic mass is 32.1. The Labute approximate surface area is 98.3 Å². The normalized spacial score (nSPS) is 10.3. The molecule has 4 nitrogen and oxygen atoms in total. The second-order valence-corrected chi connectivity index (χ2v) is 3.66. The number of benzene rings is 1. The summed E-state index contributed by atoms with van der Waals surface area (Å²) in [6, 6.07) is 7.94. The van der Waals surface area contributed by atoms with Gasteiger partial charge < -0.3 is 9.15 Å². The van der Waals surface area contributed by atoms with E-state index in [4.69, 9.17) is 21.4 Å². The van der Waals surface area contributed by atoms with Gasteiger partial charge in [-0.1, -0.05) is 19.1 Å². The summed E-state index contributed by atoms with van der Waals surface area (Å²) >= 11 is 4.76. The quantitative estimate of drug-likeness (QED) is 0.829. The highest BCUT2D eigenvalue weighted by molar-refractivity contribution is 7.71. The summed E-state index contributed by atoms with van der Waals surface area (Å²) in [6.45, 7) is 2.39. The first kappa shape index (κ1) is 10.9. The number of H-pyrrole nitrogens is 1. The van der Waals surface area contributed by atoms with Gasteiger partial charge in [-0.05, 0) is 36.3 Å². The monoisotopic (exact) mass is 236 g/mol. The molecule has 1 aromatic heterocycles. The van der Waals surface area contributed by atoms with Crippen molar-refractivity contribution in [2.24, 2.45) is 0 Å². The van der Waals surface area contributed by atoms with Crippen LogP contribution in [-0.4, -0.2) is 10.2 Å². The molecule has 84 valence electrons. The minimum Gasteiger partial charge on any atom is -0.484 e. The molecule has 1 N–H and O–H groups in total. The van der Waals surface area contributed by atoms with E-state index in [-0.39, 0.29) is 11.4 Å². The van der Waals surface area contributed by atoms with Gasteiger partial charge in [-0.15, -0.1) is 5.10 Å². The summed E-state index contributed by atoms with van der Waals surface area (Å²) < 4.78 is 10.6. The third kappa shape index (κ3) is 2.70. The summed E-state index contributed by atoms with van der Waals surface area (Å²) in [5, 5.41) is 6.39. The van der Waals surface area contributed by atoms with Crippen LogP contribution in [0.15, 0.2) is 28.7 Å². The average molecular weight is 236 g/mol. The van der Waals surface area contributed by atoms with Crippen LogP contribution in [0.25, 0.3) is 0 Å². The van der Waals surface area contributed by atoms with E-state index in [1.165, 1.54) is 5.56 Å². The minimum atomic E-state index is 0.264. The zero-order chi connectivity index (χ0) is 11.4. The fourth-order valence-corrected chi connectivity index (χ4v) is 1.43. The lowest BCUT2D eigenvalue weighted by Gasteiger charge is -2.03. The van der Waals surface area contributed by atoms with Crippen LogP contribution in [0.5, 0.6) is 5.75 Å². The Kier molecular flexibility index (Phi) is 3.36. The first-order chi connectivity index (χ1) is 7.78. The predicted molar refractivity (Wildman–Crippen MR) is 61.8 cm³/mol. The molecule has 5 heteroatoms. The van der Waals surface area contributed by atoms with E-state index in [1.807, 2.05) is 24.3 Å². The number of aromatic amines is 1. The number of nitrogens with zero attached hydrogens (tertiary/aromatic N) is 1. The molecule has 2 rings (SSSR count). The van der Waals surface area contributed by atoms with Crippen molar-refractivity contribution in [1.29, 1.82) is 0 Å². The number of hydrogen-bond acceptors (Lipinski definition) is 4. The largest absolute Gasteiger partial charge is 0.484 e. The second kappa shape index (κ2) is 4.94. The standard InChI is InChI=1S/C11H12N2O2S/c1-2-8-3-5-9(6-4-8)14-7-10-12-13-11(16)15-10/h3-6H,2,7H2,1H3,(H,13,16). The fraction of sp³-hybridized carbons (Fsp3) is 0.273. The maximum atomic E-state index is 5.48.